The van der Waals surface area contributed by atoms with Crippen molar-refractivity contribution < 1.29 is 4.74 Å². The largest absolute Gasteiger partial charge is 0.472 e. The summed E-state index contributed by atoms with van der Waals surface area (Å²) in [5.74, 6) is 7.27. The number of nitrogens with two attached hydrogens (primary N) is 1. The predicted molar refractivity (Wildman–Crippen MR) is 104 cm³/mol. The third-order valence-electron chi connectivity index (χ3n) is 4.81. The summed E-state index contributed by atoms with van der Waals surface area (Å²) in [6.07, 6.45) is 4.41. The van der Waals surface area contributed by atoms with Crippen molar-refractivity contribution in [2.45, 2.75) is 32.3 Å². The number of aromatic nitrogens is 2. The Morgan fingerprint density at radius 3 is 2.62 bits per heavy atom. The van der Waals surface area contributed by atoms with Crippen LogP contribution in [0.3, 0.4) is 0 Å². The molecule has 4 rings (SSSR count). The van der Waals surface area contributed by atoms with E-state index in [2.05, 4.69) is 48.4 Å². The first-order valence-electron chi connectivity index (χ1n) is 8.97. The van der Waals surface area contributed by atoms with Gasteiger partial charge in [0.05, 0.1) is 11.4 Å². The molecule has 3 aromatic rings. The van der Waals surface area contributed by atoms with E-state index in [0.29, 0.717) is 18.4 Å². The molecular weight excluding hydrogens is 324 g/mol. The topological polar surface area (TPSA) is 56.3 Å². The standard InChI is InChI=1S/C21H24N4O/c1-15-6-10-17(11-7-15)25-13-12-21(23-25)26-14-19-18(16-8-9-16)4-3-5-20(19)24(2)22/h3-7,10-13,16H,8-9,14,22H2,1-2H3. The first-order valence-corrected chi connectivity index (χ1v) is 8.97. The molecule has 5 heteroatoms. The van der Waals surface area contributed by atoms with Gasteiger partial charge in [0, 0.05) is 24.9 Å². The Labute approximate surface area is 154 Å². The summed E-state index contributed by atoms with van der Waals surface area (Å²) in [5.41, 5.74) is 5.76. The molecule has 0 bridgehead atoms. The lowest BCUT2D eigenvalue weighted by molar-refractivity contribution is 0.291. The molecule has 0 amide bonds. The molecular formula is C21H24N4O. The van der Waals surface area contributed by atoms with Crippen molar-refractivity contribution in [1.82, 2.24) is 9.78 Å². The van der Waals surface area contributed by atoms with Crippen LogP contribution >= 0.6 is 0 Å². The quantitative estimate of drug-likeness (QED) is 0.541. The van der Waals surface area contributed by atoms with Gasteiger partial charge in [0.25, 0.3) is 0 Å². The molecule has 0 radical (unpaired) electrons. The van der Waals surface area contributed by atoms with E-state index in [4.69, 9.17) is 10.6 Å². The lowest BCUT2D eigenvalue weighted by Gasteiger charge is -2.20. The van der Waals surface area contributed by atoms with Crippen LogP contribution in [-0.2, 0) is 6.61 Å². The summed E-state index contributed by atoms with van der Waals surface area (Å²) in [7, 11) is 1.86. The van der Waals surface area contributed by atoms with Crippen LogP contribution in [-0.4, -0.2) is 16.8 Å². The molecule has 26 heavy (non-hydrogen) atoms. The number of hydrazine groups is 1. The minimum Gasteiger partial charge on any atom is -0.472 e. The Hall–Kier alpha value is -2.79. The molecule has 0 saturated heterocycles. The molecule has 1 aliphatic rings. The van der Waals surface area contributed by atoms with E-state index in [0.717, 1.165) is 16.9 Å². The molecule has 0 atom stereocenters. The van der Waals surface area contributed by atoms with E-state index in [9.17, 15) is 0 Å². The summed E-state index contributed by atoms with van der Waals surface area (Å²) in [5, 5.41) is 6.20. The smallest absolute Gasteiger partial charge is 0.233 e. The van der Waals surface area contributed by atoms with Crippen molar-refractivity contribution in [1.29, 1.82) is 0 Å². The van der Waals surface area contributed by atoms with Crippen molar-refractivity contribution in [3.8, 4) is 11.6 Å². The minimum atomic E-state index is 0.467. The average molecular weight is 348 g/mol. The van der Waals surface area contributed by atoms with Crippen LogP contribution in [0.5, 0.6) is 5.88 Å². The molecule has 0 unspecified atom stereocenters. The minimum absolute atomic E-state index is 0.467. The fraction of sp³-hybridized carbons (Fsp3) is 0.286. The fourth-order valence-electron chi connectivity index (χ4n) is 3.23. The van der Waals surface area contributed by atoms with Crippen LogP contribution in [0, 0.1) is 6.92 Å². The number of nitrogens with zero attached hydrogens (tertiary/aromatic N) is 3. The molecule has 2 aromatic carbocycles. The Morgan fingerprint density at radius 1 is 1.15 bits per heavy atom. The van der Waals surface area contributed by atoms with Crippen LogP contribution in [0.2, 0.25) is 0 Å². The summed E-state index contributed by atoms with van der Waals surface area (Å²) in [6.45, 7) is 2.54. The van der Waals surface area contributed by atoms with Crippen molar-refractivity contribution in [2.75, 3.05) is 12.1 Å². The highest BCUT2D eigenvalue weighted by Gasteiger charge is 2.27. The Morgan fingerprint density at radius 2 is 1.92 bits per heavy atom. The lowest BCUT2D eigenvalue weighted by atomic mass is 10.0. The molecule has 0 aliphatic heterocycles. The van der Waals surface area contributed by atoms with Crippen LogP contribution < -0.4 is 15.6 Å². The monoisotopic (exact) mass is 348 g/mol. The normalized spacial score (nSPS) is 13.7. The molecule has 0 spiro atoms. The Kier molecular flexibility index (Phi) is 4.39. The van der Waals surface area contributed by atoms with Gasteiger partial charge in [-0.3, -0.25) is 0 Å². The molecule has 134 valence electrons. The Bertz CT molecular complexity index is 874. The second-order valence-electron chi connectivity index (χ2n) is 6.95. The molecule has 5 nitrogen and oxygen atoms in total. The number of ether oxygens (including phenoxy) is 1. The van der Waals surface area contributed by atoms with Crippen molar-refractivity contribution >= 4 is 5.69 Å². The third-order valence-corrected chi connectivity index (χ3v) is 4.81. The summed E-state index contributed by atoms with van der Waals surface area (Å²) >= 11 is 0. The molecule has 1 heterocycles. The van der Waals surface area contributed by atoms with Crippen LogP contribution in [0.25, 0.3) is 5.69 Å². The van der Waals surface area contributed by atoms with Gasteiger partial charge in [-0.05, 0) is 49.4 Å². The number of anilines is 1. The fourth-order valence-corrected chi connectivity index (χ4v) is 3.23. The predicted octanol–water partition coefficient (Wildman–Crippen LogP) is 3.95. The van der Waals surface area contributed by atoms with E-state index in [-0.39, 0.29) is 0 Å². The Balaban J connectivity index is 1.54. The second kappa shape index (κ2) is 6.84. The summed E-state index contributed by atoms with van der Waals surface area (Å²) in [6, 6.07) is 16.4. The second-order valence-corrected chi connectivity index (χ2v) is 6.95. The zero-order valence-electron chi connectivity index (χ0n) is 15.2. The highest BCUT2D eigenvalue weighted by Crippen LogP contribution is 2.43. The maximum Gasteiger partial charge on any atom is 0.233 e. The number of hydrogen-bond donors (Lipinski definition) is 1. The molecule has 1 saturated carbocycles. The summed E-state index contributed by atoms with van der Waals surface area (Å²) < 4.78 is 7.84. The molecule has 1 fully saturated rings. The van der Waals surface area contributed by atoms with Gasteiger partial charge >= 0.3 is 0 Å². The van der Waals surface area contributed by atoms with E-state index < -0.39 is 0 Å². The molecule has 1 aliphatic carbocycles. The SMILES string of the molecule is Cc1ccc(-n2ccc(OCc3c(C4CC4)cccc3N(C)N)n2)cc1. The molecule has 2 N–H and O–H groups in total. The molecule has 1 aromatic heterocycles. The number of hydrogen-bond acceptors (Lipinski definition) is 4. The van der Waals surface area contributed by atoms with Gasteiger partial charge in [0.2, 0.25) is 5.88 Å². The number of rotatable bonds is 6. The first kappa shape index (κ1) is 16.7. The zero-order valence-corrected chi connectivity index (χ0v) is 15.2. The maximum atomic E-state index is 6.02. The number of aryl methyl sites for hydroxylation is 1. The zero-order chi connectivity index (χ0) is 18.1. The van der Waals surface area contributed by atoms with Crippen LogP contribution in [0.15, 0.2) is 54.7 Å². The van der Waals surface area contributed by atoms with Gasteiger partial charge < -0.3 is 9.75 Å². The van der Waals surface area contributed by atoms with Gasteiger partial charge in [-0.2, -0.15) is 0 Å². The van der Waals surface area contributed by atoms with Gasteiger partial charge in [0.15, 0.2) is 0 Å². The van der Waals surface area contributed by atoms with E-state index >= 15 is 0 Å². The third kappa shape index (κ3) is 3.44. The van der Waals surface area contributed by atoms with Crippen LogP contribution in [0.4, 0.5) is 5.69 Å². The van der Waals surface area contributed by atoms with Crippen LogP contribution in [0.1, 0.15) is 35.4 Å². The van der Waals surface area contributed by atoms with E-state index in [1.54, 1.807) is 5.01 Å². The van der Waals surface area contributed by atoms with Crippen molar-refractivity contribution in [3.63, 3.8) is 0 Å². The maximum absolute atomic E-state index is 6.02. The van der Waals surface area contributed by atoms with Gasteiger partial charge in [-0.1, -0.05) is 29.8 Å². The summed E-state index contributed by atoms with van der Waals surface area (Å²) in [4.78, 5) is 0. The lowest BCUT2D eigenvalue weighted by Crippen LogP contribution is -2.27. The van der Waals surface area contributed by atoms with Crippen molar-refractivity contribution in [2.24, 2.45) is 5.84 Å². The highest BCUT2D eigenvalue weighted by atomic mass is 16.5. The average Bonchev–Trinajstić information content (AvgIpc) is 3.38. The van der Waals surface area contributed by atoms with Crippen molar-refractivity contribution in [3.05, 3.63) is 71.4 Å². The van der Waals surface area contributed by atoms with E-state index in [1.165, 1.54) is 24.0 Å². The first-order chi connectivity index (χ1) is 12.6. The van der Waals surface area contributed by atoms with Gasteiger partial charge in [0.1, 0.15) is 6.61 Å². The van der Waals surface area contributed by atoms with E-state index in [1.807, 2.05) is 30.1 Å². The highest BCUT2D eigenvalue weighted by molar-refractivity contribution is 5.57. The van der Waals surface area contributed by atoms with Gasteiger partial charge in [-0.15, -0.1) is 5.10 Å². The number of benzene rings is 2. The van der Waals surface area contributed by atoms with Gasteiger partial charge in [-0.25, -0.2) is 10.5 Å².